The molecule has 2 aliphatic rings. The molecule has 1 amide bonds. The number of aliphatic hydroxyl groups is 1. The molecule has 0 saturated heterocycles. The second kappa shape index (κ2) is 4.84. The van der Waals surface area contributed by atoms with Gasteiger partial charge in [-0.1, -0.05) is 27.7 Å². The van der Waals surface area contributed by atoms with Crippen LogP contribution in [0.3, 0.4) is 0 Å². The van der Waals surface area contributed by atoms with E-state index in [-0.39, 0.29) is 29.3 Å². The molecule has 2 saturated carbocycles. The Morgan fingerprint density at radius 2 is 2.00 bits per heavy atom. The third-order valence-electron chi connectivity index (χ3n) is 4.55. The largest absolute Gasteiger partial charge is 0.392 e. The Bertz CT molecular complexity index is 320. The van der Waals surface area contributed by atoms with E-state index in [1.807, 2.05) is 27.7 Å². The van der Waals surface area contributed by atoms with E-state index < -0.39 is 0 Å². The SMILES string of the molecule is CC(C)C(O)C(C)(C)CNC(=O)C1CC1C1CC1. The van der Waals surface area contributed by atoms with Gasteiger partial charge in [-0.25, -0.2) is 0 Å². The van der Waals surface area contributed by atoms with Crippen molar-refractivity contribution in [3.8, 4) is 0 Å². The lowest BCUT2D eigenvalue weighted by Crippen LogP contribution is -2.44. The van der Waals surface area contributed by atoms with E-state index in [2.05, 4.69) is 5.32 Å². The molecule has 0 heterocycles. The molecule has 0 aliphatic heterocycles. The molecule has 3 heteroatoms. The average Bonchev–Trinajstić information content (AvgIpc) is 3.14. The van der Waals surface area contributed by atoms with E-state index >= 15 is 0 Å². The second-order valence-corrected chi connectivity index (χ2v) is 7.24. The summed E-state index contributed by atoms with van der Waals surface area (Å²) in [6.45, 7) is 8.63. The highest BCUT2D eigenvalue weighted by Gasteiger charge is 2.51. The number of carbonyl (C=O) groups is 1. The summed E-state index contributed by atoms with van der Waals surface area (Å²) in [4.78, 5) is 12.0. The Labute approximate surface area is 110 Å². The van der Waals surface area contributed by atoms with Gasteiger partial charge in [0.1, 0.15) is 0 Å². The fourth-order valence-electron chi connectivity index (χ4n) is 3.01. The Morgan fingerprint density at radius 1 is 1.39 bits per heavy atom. The van der Waals surface area contributed by atoms with Crippen molar-refractivity contribution < 1.29 is 9.90 Å². The van der Waals surface area contributed by atoms with Gasteiger partial charge in [-0.05, 0) is 37.0 Å². The van der Waals surface area contributed by atoms with E-state index in [0.29, 0.717) is 12.5 Å². The molecule has 18 heavy (non-hydrogen) atoms. The smallest absolute Gasteiger partial charge is 0.223 e. The standard InChI is InChI=1S/C15H27NO2/c1-9(2)13(17)15(3,4)8-16-14(18)12-7-11(12)10-5-6-10/h9-13,17H,5-8H2,1-4H3,(H,16,18). The third kappa shape index (κ3) is 3.05. The number of carbonyl (C=O) groups excluding carboxylic acids is 1. The molecule has 3 nitrogen and oxygen atoms in total. The van der Waals surface area contributed by atoms with Gasteiger partial charge in [-0.15, -0.1) is 0 Å². The fourth-order valence-corrected chi connectivity index (χ4v) is 3.01. The normalized spacial score (nSPS) is 29.2. The molecule has 2 aliphatic carbocycles. The monoisotopic (exact) mass is 253 g/mol. The summed E-state index contributed by atoms with van der Waals surface area (Å²) in [5.74, 6) is 2.20. The van der Waals surface area contributed by atoms with Gasteiger partial charge in [-0.2, -0.15) is 0 Å². The van der Waals surface area contributed by atoms with Crippen LogP contribution in [0, 0.1) is 29.1 Å². The van der Waals surface area contributed by atoms with Gasteiger partial charge in [0, 0.05) is 17.9 Å². The second-order valence-electron chi connectivity index (χ2n) is 7.24. The van der Waals surface area contributed by atoms with E-state index in [0.717, 1.165) is 12.3 Å². The van der Waals surface area contributed by atoms with Crippen molar-refractivity contribution in [3.05, 3.63) is 0 Å². The first-order valence-corrected chi connectivity index (χ1v) is 7.28. The van der Waals surface area contributed by atoms with E-state index in [4.69, 9.17) is 0 Å². The lowest BCUT2D eigenvalue weighted by atomic mass is 9.80. The molecule has 104 valence electrons. The van der Waals surface area contributed by atoms with Crippen LogP contribution in [0.1, 0.15) is 47.0 Å². The maximum Gasteiger partial charge on any atom is 0.223 e. The third-order valence-corrected chi connectivity index (χ3v) is 4.55. The van der Waals surface area contributed by atoms with Crippen LogP contribution in [0.4, 0.5) is 0 Å². The summed E-state index contributed by atoms with van der Waals surface area (Å²) >= 11 is 0. The van der Waals surface area contributed by atoms with Crippen LogP contribution in [0.15, 0.2) is 0 Å². The van der Waals surface area contributed by atoms with Gasteiger partial charge in [0.15, 0.2) is 0 Å². The van der Waals surface area contributed by atoms with Gasteiger partial charge in [-0.3, -0.25) is 4.79 Å². The van der Waals surface area contributed by atoms with Gasteiger partial charge >= 0.3 is 0 Å². The summed E-state index contributed by atoms with van der Waals surface area (Å²) in [6.07, 6.45) is 3.36. The van der Waals surface area contributed by atoms with Crippen LogP contribution in [0.5, 0.6) is 0 Å². The highest BCUT2D eigenvalue weighted by molar-refractivity contribution is 5.81. The molecular weight excluding hydrogens is 226 g/mol. The van der Waals surface area contributed by atoms with Crippen molar-refractivity contribution in [3.63, 3.8) is 0 Å². The van der Waals surface area contributed by atoms with Crippen LogP contribution >= 0.6 is 0 Å². The zero-order valence-electron chi connectivity index (χ0n) is 12.1. The zero-order valence-corrected chi connectivity index (χ0v) is 12.1. The molecule has 3 unspecified atom stereocenters. The first kappa shape index (κ1) is 13.9. The van der Waals surface area contributed by atoms with Gasteiger partial charge in [0.25, 0.3) is 0 Å². The minimum Gasteiger partial charge on any atom is -0.392 e. The van der Waals surface area contributed by atoms with Crippen molar-refractivity contribution in [1.29, 1.82) is 0 Å². The highest BCUT2D eigenvalue weighted by atomic mass is 16.3. The molecule has 2 fully saturated rings. The fraction of sp³-hybridized carbons (Fsp3) is 0.933. The van der Waals surface area contributed by atoms with Gasteiger partial charge in [0.05, 0.1) is 6.10 Å². The molecular formula is C15H27NO2. The lowest BCUT2D eigenvalue weighted by molar-refractivity contribution is -0.123. The van der Waals surface area contributed by atoms with Crippen LogP contribution in [-0.4, -0.2) is 23.7 Å². The van der Waals surface area contributed by atoms with Crippen LogP contribution in [-0.2, 0) is 4.79 Å². The number of rotatable bonds is 6. The molecule has 0 radical (unpaired) electrons. The molecule has 0 aromatic carbocycles. The van der Waals surface area contributed by atoms with Crippen LogP contribution < -0.4 is 5.32 Å². The average molecular weight is 253 g/mol. The summed E-state index contributed by atoms with van der Waals surface area (Å²) in [6, 6.07) is 0. The van der Waals surface area contributed by atoms with Crippen molar-refractivity contribution in [1.82, 2.24) is 5.32 Å². The number of nitrogens with one attached hydrogen (secondary N) is 1. The molecule has 0 bridgehead atoms. The molecule has 2 rings (SSSR count). The van der Waals surface area contributed by atoms with Crippen molar-refractivity contribution >= 4 is 5.91 Å². The minimum absolute atomic E-state index is 0.205. The molecule has 3 atom stereocenters. The maximum absolute atomic E-state index is 12.0. The highest BCUT2D eigenvalue weighted by Crippen LogP contribution is 2.54. The number of amides is 1. The first-order chi connectivity index (χ1) is 8.33. The number of hydrogen-bond acceptors (Lipinski definition) is 2. The van der Waals surface area contributed by atoms with Crippen molar-refractivity contribution in [2.75, 3.05) is 6.54 Å². The molecule has 0 aromatic heterocycles. The van der Waals surface area contributed by atoms with Crippen LogP contribution in [0.2, 0.25) is 0 Å². The van der Waals surface area contributed by atoms with E-state index in [1.54, 1.807) is 0 Å². The summed E-state index contributed by atoms with van der Waals surface area (Å²) in [7, 11) is 0. The van der Waals surface area contributed by atoms with Gasteiger partial charge in [0.2, 0.25) is 5.91 Å². The Kier molecular flexibility index (Phi) is 3.72. The van der Waals surface area contributed by atoms with Crippen molar-refractivity contribution in [2.45, 2.75) is 53.1 Å². The number of hydrogen-bond donors (Lipinski definition) is 2. The topological polar surface area (TPSA) is 49.3 Å². The number of aliphatic hydroxyl groups excluding tert-OH is 1. The van der Waals surface area contributed by atoms with E-state index in [1.165, 1.54) is 12.8 Å². The molecule has 2 N–H and O–H groups in total. The first-order valence-electron chi connectivity index (χ1n) is 7.28. The van der Waals surface area contributed by atoms with Crippen LogP contribution in [0.25, 0.3) is 0 Å². The Hall–Kier alpha value is -0.570. The lowest BCUT2D eigenvalue weighted by Gasteiger charge is -2.33. The Balaban J connectivity index is 1.75. The van der Waals surface area contributed by atoms with Crippen molar-refractivity contribution in [2.24, 2.45) is 29.1 Å². The Morgan fingerprint density at radius 3 is 2.50 bits per heavy atom. The predicted octanol–water partition coefficient (Wildman–Crippen LogP) is 2.19. The zero-order chi connectivity index (χ0) is 13.5. The minimum atomic E-state index is -0.378. The maximum atomic E-state index is 12.0. The molecule has 0 spiro atoms. The van der Waals surface area contributed by atoms with Gasteiger partial charge < -0.3 is 10.4 Å². The van der Waals surface area contributed by atoms with E-state index in [9.17, 15) is 9.90 Å². The summed E-state index contributed by atoms with van der Waals surface area (Å²) in [5.41, 5.74) is -0.256. The molecule has 0 aromatic rings. The quantitative estimate of drug-likeness (QED) is 0.762. The predicted molar refractivity (Wildman–Crippen MR) is 72.0 cm³/mol. The summed E-state index contributed by atoms with van der Waals surface area (Å²) < 4.78 is 0. The summed E-state index contributed by atoms with van der Waals surface area (Å²) in [5, 5.41) is 13.2.